The molecule has 6 rings (SSSR count). The van der Waals surface area contributed by atoms with Gasteiger partial charge in [0.2, 0.25) is 5.88 Å². The van der Waals surface area contributed by atoms with Gasteiger partial charge in [0.1, 0.15) is 16.9 Å². The second kappa shape index (κ2) is 7.82. The fraction of sp³-hybridized carbons (Fsp3) is 0.250. The van der Waals surface area contributed by atoms with E-state index in [9.17, 15) is 9.65 Å². The van der Waals surface area contributed by atoms with E-state index < -0.39 is 5.82 Å². The molecule has 2 aromatic carbocycles. The molecular weight excluding hydrogens is 465 g/mol. The summed E-state index contributed by atoms with van der Waals surface area (Å²) in [6.07, 6.45) is 0. The lowest BCUT2D eigenvalue weighted by Gasteiger charge is -2.25. The van der Waals surface area contributed by atoms with Crippen molar-refractivity contribution in [1.29, 1.82) is 5.26 Å². The van der Waals surface area contributed by atoms with Gasteiger partial charge >= 0.3 is 0 Å². The van der Waals surface area contributed by atoms with Gasteiger partial charge < -0.3 is 19.9 Å². The zero-order valence-electron chi connectivity index (χ0n) is 17.3. The average molecular weight is 482 g/mol. The molecule has 0 aliphatic carbocycles. The van der Waals surface area contributed by atoms with Gasteiger partial charge in [0, 0.05) is 28.3 Å². The van der Waals surface area contributed by atoms with Gasteiger partial charge in [-0.25, -0.2) is 9.37 Å². The molecule has 166 valence electrons. The van der Waals surface area contributed by atoms with Crippen LogP contribution in [0.3, 0.4) is 0 Å². The number of halogens is 2. The number of ether oxygens (including phenoxy) is 3. The van der Waals surface area contributed by atoms with Gasteiger partial charge in [-0.05, 0) is 28.8 Å². The number of aromatic nitrogens is 1. The van der Waals surface area contributed by atoms with Crippen molar-refractivity contribution in [1.82, 2.24) is 4.98 Å². The highest BCUT2D eigenvalue weighted by molar-refractivity contribution is 7.23. The van der Waals surface area contributed by atoms with E-state index >= 15 is 0 Å². The van der Waals surface area contributed by atoms with E-state index in [0.29, 0.717) is 76.6 Å². The molecule has 0 spiro atoms. The van der Waals surface area contributed by atoms with E-state index in [1.165, 1.54) is 6.07 Å². The van der Waals surface area contributed by atoms with Gasteiger partial charge in [-0.15, -0.1) is 11.3 Å². The van der Waals surface area contributed by atoms with Gasteiger partial charge in [0.25, 0.3) is 0 Å². The highest BCUT2D eigenvalue weighted by atomic mass is 35.5. The molecule has 2 aliphatic rings. The Balaban J connectivity index is 1.60. The maximum absolute atomic E-state index is 14.6. The van der Waals surface area contributed by atoms with Crippen LogP contribution in [0.1, 0.15) is 16.7 Å². The van der Waals surface area contributed by atoms with E-state index in [4.69, 9.17) is 36.5 Å². The Kier molecular flexibility index (Phi) is 4.89. The summed E-state index contributed by atoms with van der Waals surface area (Å²) in [5.74, 6) is 0.413. The highest BCUT2D eigenvalue weighted by Crippen LogP contribution is 2.48. The first-order chi connectivity index (χ1) is 16.1. The van der Waals surface area contributed by atoms with Crippen LogP contribution in [0.15, 0.2) is 24.3 Å². The van der Waals surface area contributed by atoms with Crippen LogP contribution in [-0.4, -0.2) is 24.8 Å². The topological polar surface area (TPSA) is 90.4 Å². The maximum atomic E-state index is 14.6. The minimum atomic E-state index is -0.425. The molecule has 0 radical (unpaired) electrons. The lowest BCUT2D eigenvalue weighted by molar-refractivity contribution is -0.0513. The van der Waals surface area contributed by atoms with Crippen LogP contribution in [0.25, 0.3) is 32.1 Å². The standard InChI is InChI=1S/C24H17ClFN3O3S/c25-21-19(13-1-3-17(26)23-20(13)14(5-27)24(28)33-23)16-10-31-9-15(16)12-2-4-18(29-22(12)21)32-8-11-6-30-7-11/h1-4,11H,6-10,28H2. The van der Waals surface area contributed by atoms with Crippen molar-refractivity contribution in [2.45, 2.75) is 13.2 Å². The molecular formula is C24H17ClFN3O3S. The fourth-order valence-corrected chi connectivity index (χ4v) is 5.76. The summed E-state index contributed by atoms with van der Waals surface area (Å²) in [4.78, 5) is 4.70. The van der Waals surface area contributed by atoms with Crippen molar-refractivity contribution in [3.63, 3.8) is 0 Å². The second-order valence-electron chi connectivity index (χ2n) is 8.15. The van der Waals surface area contributed by atoms with Gasteiger partial charge in [-0.1, -0.05) is 17.7 Å². The first kappa shape index (κ1) is 20.6. The summed E-state index contributed by atoms with van der Waals surface area (Å²) >= 11 is 8.04. The van der Waals surface area contributed by atoms with Crippen molar-refractivity contribution < 1.29 is 18.6 Å². The molecule has 9 heteroatoms. The van der Waals surface area contributed by atoms with Crippen LogP contribution in [-0.2, 0) is 22.7 Å². The maximum Gasteiger partial charge on any atom is 0.213 e. The van der Waals surface area contributed by atoms with Crippen LogP contribution in [0.5, 0.6) is 5.88 Å². The quantitative estimate of drug-likeness (QED) is 0.418. The molecule has 2 aliphatic heterocycles. The minimum absolute atomic E-state index is 0.251. The van der Waals surface area contributed by atoms with Gasteiger partial charge in [0.05, 0.1) is 53.8 Å². The Morgan fingerprint density at radius 2 is 2.03 bits per heavy atom. The molecule has 1 fully saturated rings. The molecule has 33 heavy (non-hydrogen) atoms. The summed E-state index contributed by atoms with van der Waals surface area (Å²) in [5.41, 5.74) is 10.1. The number of nitrogen functional groups attached to an aromatic ring is 1. The van der Waals surface area contributed by atoms with Crippen LogP contribution in [0.2, 0.25) is 5.02 Å². The highest BCUT2D eigenvalue weighted by Gasteiger charge is 2.28. The fourth-order valence-electron chi connectivity index (χ4n) is 4.45. The third kappa shape index (κ3) is 3.15. The molecule has 0 atom stereocenters. The van der Waals surface area contributed by atoms with Gasteiger partial charge in [-0.3, -0.25) is 0 Å². The SMILES string of the molecule is N#Cc1c(N)sc2c(F)ccc(-c3c4c(c5ccc(OCC6COC6)nc5c3Cl)COC4)c12. The number of hydrogen-bond donors (Lipinski definition) is 1. The molecule has 0 amide bonds. The zero-order valence-corrected chi connectivity index (χ0v) is 18.9. The average Bonchev–Trinajstić information content (AvgIpc) is 3.39. The van der Waals surface area contributed by atoms with Crippen molar-refractivity contribution in [3.05, 3.63) is 51.8 Å². The Labute approximate surface area is 197 Å². The molecule has 2 aromatic heterocycles. The number of anilines is 1. The zero-order chi connectivity index (χ0) is 22.7. The number of nitrogens with two attached hydrogens (primary N) is 1. The third-order valence-corrected chi connectivity index (χ3v) is 7.55. The summed E-state index contributed by atoms with van der Waals surface area (Å²) in [7, 11) is 0. The van der Waals surface area contributed by atoms with Gasteiger partial charge in [-0.2, -0.15) is 5.26 Å². The van der Waals surface area contributed by atoms with Crippen LogP contribution in [0, 0.1) is 23.1 Å². The lowest BCUT2D eigenvalue weighted by Crippen LogP contribution is -2.32. The normalized spacial score (nSPS) is 15.5. The summed E-state index contributed by atoms with van der Waals surface area (Å²) < 4.78 is 31.8. The second-order valence-corrected chi connectivity index (χ2v) is 9.58. The van der Waals surface area contributed by atoms with E-state index in [0.717, 1.165) is 27.8 Å². The Morgan fingerprint density at radius 1 is 1.21 bits per heavy atom. The summed E-state index contributed by atoms with van der Waals surface area (Å²) in [5, 5.41) is 11.8. The Bertz CT molecular complexity index is 1490. The van der Waals surface area contributed by atoms with E-state index in [-0.39, 0.29) is 10.6 Å². The Hall–Kier alpha value is -2.96. The predicted molar refractivity (Wildman–Crippen MR) is 125 cm³/mol. The first-order valence-corrected chi connectivity index (χ1v) is 11.6. The number of rotatable bonds is 4. The number of fused-ring (bicyclic) bond motifs is 4. The molecule has 2 N–H and O–H groups in total. The van der Waals surface area contributed by atoms with Crippen LogP contribution < -0.4 is 10.5 Å². The number of pyridine rings is 1. The smallest absolute Gasteiger partial charge is 0.213 e. The number of benzene rings is 2. The lowest BCUT2D eigenvalue weighted by atomic mass is 9.91. The van der Waals surface area contributed by atoms with Gasteiger partial charge in [0.15, 0.2) is 0 Å². The van der Waals surface area contributed by atoms with Crippen molar-refractivity contribution >= 4 is 48.9 Å². The number of hydrogen-bond acceptors (Lipinski definition) is 7. The third-order valence-electron chi connectivity index (χ3n) is 6.15. The predicted octanol–water partition coefficient (Wildman–Crippen LogP) is 5.42. The van der Waals surface area contributed by atoms with Crippen molar-refractivity contribution in [3.8, 4) is 23.1 Å². The Morgan fingerprint density at radius 3 is 2.79 bits per heavy atom. The number of thiophene rings is 1. The monoisotopic (exact) mass is 481 g/mol. The number of nitrogens with zero attached hydrogens (tertiary/aromatic N) is 2. The molecule has 4 heterocycles. The van der Waals surface area contributed by atoms with Crippen molar-refractivity contribution in [2.24, 2.45) is 5.92 Å². The largest absolute Gasteiger partial charge is 0.477 e. The van der Waals surface area contributed by atoms with E-state index in [1.54, 1.807) is 6.07 Å². The van der Waals surface area contributed by atoms with E-state index in [1.807, 2.05) is 12.1 Å². The molecule has 0 bridgehead atoms. The number of nitriles is 1. The van der Waals surface area contributed by atoms with Crippen LogP contribution in [0.4, 0.5) is 9.39 Å². The van der Waals surface area contributed by atoms with E-state index in [2.05, 4.69) is 6.07 Å². The summed E-state index contributed by atoms with van der Waals surface area (Å²) in [6, 6.07) is 8.93. The van der Waals surface area contributed by atoms with Crippen LogP contribution >= 0.6 is 22.9 Å². The van der Waals surface area contributed by atoms with Crippen molar-refractivity contribution in [2.75, 3.05) is 25.6 Å². The molecule has 6 nitrogen and oxygen atoms in total. The molecule has 0 unspecified atom stereocenters. The molecule has 0 saturated carbocycles. The minimum Gasteiger partial charge on any atom is -0.477 e. The summed E-state index contributed by atoms with van der Waals surface area (Å²) in [6.45, 7) is 2.68. The molecule has 1 saturated heterocycles. The first-order valence-electron chi connectivity index (χ1n) is 10.4. The molecule has 4 aromatic rings.